The Morgan fingerprint density at radius 3 is 2.60 bits per heavy atom. The van der Waals surface area contributed by atoms with E-state index in [-0.39, 0.29) is 0 Å². The maximum atomic E-state index is 4.30. The molecule has 106 valence electrons. The number of benzene rings is 1. The number of anilines is 1. The second-order valence-corrected chi connectivity index (χ2v) is 7.36. The third kappa shape index (κ3) is 2.94. The predicted molar refractivity (Wildman–Crippen MR) is 89.8 cm³/mol. The van der Waals surface area contributed by atoms with E-state index >= 15 is 0 Å². The van der Waals surface area contributed by atoms with Crippen molar-refractivity contribution in [2.75, 3.05) is 5.32 Å². The third-order valence-corrected chi connectivity index (χ3v) is 5.07. The van der Waals surface area contributed by atoms with E-state index in [1.165, 1.54) is 12.8 Å². The van der Waals surface area contributed by atoms with E-state index in [1.807, 2.05) is 12.1 Å². The van der Waals surface area contributed by atoms with Gasteiger partial charge in [-0.05, 0) is 56.8 Å². The van der Waals surface area contributed by atoms with Gasteiger partial charge in [0, 0.05) is 26.4 Å². The van der Waals surface area contributed by atoms with E-state index in [0.29, 0.717) is 6.54 Å². The van der Waals surface area contributed by atoms with E-state index in [4.69, 9.17) is 0 Å². The number of fused-ring (bicyclic) bond motifs is 1. The molecule has 1 aliphatic rings. The SMILES string of the molecule is Brc1cc(Br)c(NCc2nnc3n2CCCC3)c(Br)c1. The first-order chi connectivity index (χ1) is 9.65. The number of aromatic nitrogens is 3. The molecule has 0 saturated carbocycles. The summed E-state index contributed by atoms with van der Waals surface area (Å²) in [4.78, 5) is 0. The van der Waals surface area contributed by atoms with E-state index < -0.39 is 0 Å². The summed E-state index contributed by atoms with van der Waals surface area (Å²) in [6.45, 7) is 1.70. The average molecular weight is 465 g/mol. The van der Waals surface area contributed by atoms with Crippen LogP contribution < -0.4 is 5.32 Å². The summed E-state index contributed by atoms with van der Waals surface area (Å²) in [5, 5.41) is 12.0. The van der Waals surface area contributed by atoms with Crippen LogP contribution >= 0.6 is 47.8 Å². The van der Waals surface area contributed by atoms with Crippen LogP contribution in [0, 0.1) is 0 Å². The van der Waals surface area contributed by atoms with Crippen molar-refractivity contribution in [3.8, 4) is 0 Å². The minimum Gasteiger partial charge on any atom is -0.376 e. The van der Waals surface area contributed by atoms with Crippen LogP contribution in [0.25, 0.3) is 0 Å². The number of hydrogen-bond acceptors (Lipinski definition) is 3. The van der Waals surface area contributed by atoms with Crippen molar-refractivity contribution in [2.24, 2.45) is 0 Å². The number of nitrogens with one attached hydrogen (secondary N) is 1. The molecule has 20 heavy (non-hydrogen) atoms. The molecular formula is C13H13Br3N4. The monoisotopic (exact) mass is 462 g/mol. The molecule has 3 rings (SSSR count). The normalized spacial score (nSPS) is 14.2. The van der Waals surface area contributed by atoms with Crippen molar-refractivity contribution >= 4 is 53.5 Å². The molecule has 0 amide bonds. The van der Waals surface area contributed by atoms with Crippen LogP contribution in [0.2, 0.25) is 0 Å². The molecule has 1 aromatic carbocycles. The van der Waals surface area contributed by atoms with Crippen LogP contribution in [-0.2, 0) is 19.5 Å². The summed E-state index contributed by atoms with van der Waals surface area (Å²) in [6, 6.07) is 4.04. The molecule has 2 aromatic rings. The zero-order valence-electron chi connectivity index (χ0n) is 10.7. The summed E-state index contributed by atoms with van der Waals surface area (Å²) in [5.74, 6) is 2.11. The van der Waals surface area contributed by atoms with Crippen LogP contribution in [0.3, 0.4) is 0 Å². The highest BCUT2D eigenvalue weighted by Gasteiger charge is 2.16. The number of halogens is 3. The summed E-state index contributed by atoms with van der Waals surface area (Å²) in [6.07, 6.45) is 3.47. The zero-order valence-corrected chi connectivity index (χ0v) is 15.4. The van der Waals surface area contributed by atoms with Crippen LogP contribution in [-0.4, -0.2) is 14.8 Å². The molecule has 0 unspecified atom stereocenters. The molecule has 1 aliphatic heterocycles. The van der Waals surface area contributed by atoms with Gasteiger partial charge in [0.15, 0.2) is 5.82 Å². The Morgan fingerprint density at radius 2 is 1.85 bits per heavy atom. The Bertz CT molecular complexity index is 616. The van der Waals surface area contributed by atoms with Crippen LogP contribution in [0.5, 0.6) is 0 Å². The van der Waals surface area contributed by atoms with Gasteiger partial charge in [-0.25, -0.2) is 0 Å². The molecule has 0 spiro atoms. The molecule has 1 N–H and O–H groups in total. The molecule has 1 aromatic heterocycles. The van der Waals surface area contributed by atoms with Gasteiger partial charge in [-0.2, -0.15) is 0 Å². The number of aryl methyl sites for hydroxylation is 1. The van der Waals surface area contributed by atoms with Crippen LogP contribution in [0.4, 0.5) is 5.69 Å². The predicted octanol–water partition coefficient (Wildman–Crippen LogP) is 4.51. The molecular weight excluding hydrogens is 452 g/mol. The highest BCUT2D eigenvalue weighted by atomic mass is 79.9. The second kappa shape index (κ2) is 6.15. The van der Waals surface area contributed by atoms with E-state index in [2.05, 4.69) is 67.9 Å². The molecule has 0 radical (unpaired) electrons. The quantitative estimate of drug-likeness (QED) is 0.726. The minimum atomic E-state index is 0.672. The van der Waals surface area contributed by atoms with Crippen molar-refractivity contribution < 1.29 is 0 Å². The van der Waals surface area contributed by atoms with Gasteiger partial charge in [0.1, 0.15) is 5.82 Å². The van der Waals surface area contributed by atoms with Gasteiger partial charge in [0.2, 0.25) is 0 Å². The van der Waals surface area contributed by atoms with Gasteiger partial charge in [0.05, 0.1) is 12.2 Å². The lowest BCUT2D eigenvalue weighted by Gasteiger charge is -2.16. The summed E-state index contributed by atoms with van der Waals surface area (Å²) in [5.41, 5.74) is 1.03. The Hall–Kier alpha value is -0.400. The molecule has 0 fully saturated rings. The number of rotatable bonds is 3. The van der Waals surface area contributed by atoms with Crippen molar-refractivity contribution in [3.05, 3.63) is 37.2 Å². The maximum absolute atomic E-state index is 4.30. The number of hydrogen-bond donors (Lipinski definition) is 1. The Balaban J connectivity index is 1.79. The summed E-state index contributed by atoms with van der Waals surface area (Å²) < 4.78 is 5.29. The van der Waals surface area contributed by atoms with E-state index in [0.717, 1.165) is 43.7 Å². The second-order valence-electron chi connectivity index (χ2n) is 4.74. The standard InChI is InChI=1S/C13H13Br3N4/c14-8-5-9(15)13(10(16)6-8)17-7-12-19-18-11-3-1-2-4-20(11)12/h5-6,17H,1-4,7H2. The lowest BCUT2D eigenvalue weighted by Crippen LogP contribution is -2.15. The molecule has 4 nitrogen and oxygen atoms in total. The minimum absolute atomic E-state index is 0.672. The Kier molecular flexibility index (Phi) is 4.47. The average Bonchev–Trinajstić information content (AvgIpc) is 2.81. The molecule has 7 heteroatoms. The first kappa shape index (κ1) is 14.5. The van der Waals surface area contributed by atoms with Crippen LogP contribution in [0.15, 0.2) is 25.6 Å². The van der Waals surface area contributed by atoms with Crippen molar-refractivity contribution in [2.45, 2.75) is 32.4 Å². The van der Waals surface area contributed by atoms with Crippen molar-refractivity contribution in [1.82, 2.24) is 14.8 Å². The van der Waals surface area contributed by atoms with Crippen LogP contribution in [0.1, 0.15) is 24.5 Å². The van der Waals surface area contributed by atoms with Gasteiger partial charge in [-0.3, -0.25) is 0 Å². The maximum Gasteiger partial charge on any atom is 0.152 e. The van der Waals surface area contributed by atoms with Gasteiger partial charge in [-0.1, -0.05) is 15.9 Å². The number of nitrogens with zero attached hydrogens (tertiary/aromatic N) is 3. The topological polar surface area (TPSA) is 42.7 Å². The molecule has 0 aliphatic carbocycles. The van der Waals surface area contributed by atoms with Gasteiger partial charge >= 0.3 is 0 Å². The summed E-state index contributed by atoms with van der Waals surface area (Å²) >= 11 is 10.6. The Morgan fingerprint density at radius 1 is 1.10 bits per heavy atom. The third-order valence-electron chi connectivity index (χ3n) is 3.37. The fourth-order valence-electron chi connectivity index (χ4n) is 2.38. The van der Waals surface area contributed by atoms with Crippen molar-refractivity contribution in [1.29, 1.82) is 0 Å². The fourth-order valence-corrected chi connectivity index (χ4v) is 4.92. The fraction of sp³-hybridized carbons (Fsp3) is 0.385. The van der Waals surface area contributed by atoms with E-state index in [9.17, 15) is 0 Å². The lowest BCUT2D eigenvalue weighted by atomic mass is 10.2. The molecule has 0 bridgehead atoms. The molecule has 0 saturated heterocycles. The van der Waals surface area contributed by atoms with E-state index in [1.54, 1.807) is 0 Å². The zero-order chi connectivity index (χ0) is 14.1. The smallest absolute Gasteiger partial charge is 0.152 e. The van der Waals surface area contributed by atoms with Gasteiger partial charge in [-0.15, -0.1) is 10.2 Å². The van der Waals surface area contributed by atoms with Gasteiger partial charge < -0.3 is 9.88 Å². The largest absolute Gasteiger partial charge is 0.376 e. The summed E-state index contributed by atoms with van der Waals surface area (Å²) in [7, 11) is 0. The Labute approximate surface area is 142 Å². The highest BCUT2D eigenvalue weighted by Crippen LogP contribution is 2.34. The highest BCUT2D eigenvalue weighted by molar-refractivity contribution is 9.11. The van der Waals surface area contributed by atoms with Gasteiger partial charge in [0.25, 0.3) is 0 Å². The lowest BCUT2D eigenvalue weighted by molar-refractivity contribution is 0.510. The molecule has 2 heterocycles. The van der Waals surface area contributed by atoms with Crippen molar-refractivity contribution in [3.63, 3.8) is 0 Å². The molecule has 0 atom stereocenters. The first-order valence-electron chi connectivity index (χ1n) is 6.44. The first-order valence-corrected chi connectivity index (χ1v) is 8.82.